The Balaban J connectivity index is 1.97. The molecule has 0 unspecified atom stereocenters. The van der Waals surface area contributed by atoms with Crippen molar-refractivity contribution >= 4 is 11.9 Å². The lowest BCUT2D eigenvalue weighted by Gasteiger charge is -2.33. The van der Waals surface area contributed by atoms with Crippen molar-refractivity contribution < 1.29 is 9.59 Å². The highest BCUT2D eigenvalue weighted by Gasteiger charge is 2.28. The van der Waals surface area contributed by atoms with Crippen molar-refractivity contribution in [2.75, 3.05) is 20.1 Å². The molecule has 150 valence electrons. The van der Waals surface area contributed by atoms with Gasteiger partial charge in [0.15, 0.2) is 0 Å². The molecule has 0 bridgehead atoms. The van der Waals surface area contributed by atoms with Crippen molar-refractivity contribution in [2.45, 2.75) is 53.0 Å². The number of piperidine rings is 1. The molecule has 1 aliphatic rings. The molecule has 1 fully saturated rings. The highest BCUT2D eigenvalue weighted by atomic mass is 16.2. The van der Waals surface area contributed by atoms with Crippen LogP contribution >= 0.6 is 0 Å². The predicted molar refractivity (Wildman–Crippen MR) is 109 cm³/mol. The standard InChI is InChI=1S/C22H35N3O2/c1-15(2)14-17-6-8-18(9-7-17)20(16(3)4)24-22(27)25-12-10-19(11-13-25)21(26)23-5/h6-9,15-16,19-20H,10-14H2,1-5H3,(H,23,26)(H,24,27)/t20-/m0/s1. The Morgan fingerprint density at radius 2 is 1.67 bits per heavy atom. The fraction of sp³-hybridized carbons (Fsp3) is 0.636. The van der Waals surface area contributed by atoms with E-state index in [4.69, 9.17) is 0 Å². The van der Waals surface area contributed by atoms with Crippen molar-refractivity contribution in [3.63, 3.8) is 0 Å². The zero-order valence-corrected chi connectivity index (χ0v) is 17.4. The molecule has 27 heavy (non-hydrogen) atoms. The Hall–Kier alpha value is -2.04. The van der Waals surface area contributed by atoms with Gasteiger partial charge in [0.2, 0.25) is 5.91 Å². The Labute approximate surface area is 163 Å². The van der Waals surface area contributed by atoms with E-state index in [-0.39, 0.29) is 23.9 Å². The molecule has 0 aromatic heterocycles. The first kappa shape index (κ1) is 21.3. The maximum absolute atomic E-state index is 12.8. The monoisotopic (exact) mass is 373 g/mol. The van der Waals surface area contributed by atoms with Crippen LogP contribution in [0.4, 0.5) is 4.79 Å². The third-order valence-corrected chi connectivity index (χ3v) is 5.33. The summed E-state index contributed by atoms with van der Waals surface area (Å²) >= 11 is 0. The fourth-order valence-corrected chi connectivity index (χ4v) is 3.74. The van der Waals surface area contributed by atoms with Gasteiger partial charge in [-0.05, 0) is 42.2 Å². The summed E-state index contributed by atoms with van der Waals surface area (Å²) in [5, 5.41) is 5.91. The van der Waals surface area contributed by atoms with Gasteiger partial charge in [-0.2, -0.15) is 0 Å². The summed E-state index contributed by atoms with van der Waals surface area (Å²) in [4.78, 5) is 26.4. The normalized spacial score (nSPS) is 16.5. The van der Waals surface area contributed by atoms with Crippen LogP contribution < -0.4 is 10.6 Å². The second kappa shape index (κ2) is 9.77. The minimum Gasteiger partial charge on any atom is -0.359 e. The molecule has 3 amide bonds. The van der Waals surface area contributed by atoms with E-state index in [1.54, 1.807) is 7.05 Å². The first-order chi connectivity index (χ1) is 12.8. The number of nitrogens with one attached hydrogen (secondary N) is 2. The molecule has 1 aromatic carbocycles. The van der Waals surface area contributed by atoms with Crippen LogP contribution in [0.15, 0.2) is 24.3 Å². The minimum atomic E-state index is -0.0321. The van der Waals surface area contributed by atoms with Gasteiger partial charge in [-0.15, -0.1) is 0 Å². The number of rotatable bonds is 6. The molecule has 1 atom stereocenters. The van der Waals surface area contributed by atoms with Gasteiger partial charge in [0.05, 0.1) is 6.04 Å². The van der Waals surface area contributed by atoms with Crippen LogP contribution in [0.5, 0.6) is 0 Å². The summed E-state index contributed by atoms with van der Waals surface area (Å²) < 4.78 is 0. The lowest BCUT2D eigenvalue weighted by Crippen LogP contribution is -2.48. The van der Waals surface area contributed by atoms with Crippen molar-refractivity contribution in [3.05, 3.63) is 35.4 Å². The molecule has 1 aliphatic heterocycles. The quantitative estimate of drug-likeness (QED) is 0.798. The minimum absolute atomic E-state index is 0.0118. The second-order valence-corrected chi connectivity index (χ2v) is 8.39. The van der Waals surface area contributed by atoms with Crippen LogP contribution in [-0.4, -0.2) is 37.0 Å². The summed E-state index contributed by atoms with van der Waals surface area (Å²) in [5.41, 5.74) is 2.48. The van der Waals surface area contributed by atoms with Gasteiger partial charge < -0.3 is 15.5 Å². The average molecular weight is 374 g/mol. The van der Waals surface area contributed by atoms with Gasteiger partial charge in [0.25, 0.3) is 0 Å². The molecule has 0 aliphatic carbocycles. The molecule has 0 spiro atoms. The summed E-state index contributed by atoms with van der Waals surface area (Å²) in [5.74, 6) is 1.03. The van der Waals surface area contributed by atoms with Crippen LogP contribution in [0.2, 0.25) is 0 Å². The van der Waals surface area contributed by atoms with E-state index in [0.717, 1.165) is 24.8 Å². The zero-order valence-electron chi connectivity index (χ0n) is 17.4. The van der Waals surface area contributed by atoms with E-state index in [0.29, 0.717) is 24.9 Å². The van der Waals surface area contributed by atoms with Crippen LogP contribution in [0.25, 0.3) is 0 Å². The number of carbonyl (C=O) groups excluding carboxylic acids is 2. The van der Waals surface area contributed by atoms with Crippen LogP contribution in [0, 0.1) is 17.8 Å². The van der Waals surface area contributed by atoms with Crippen molar-refractivity contribution in [2.24, 2.45) is 17.8 Å². The maximum atomic E-state index is 12.8. The van der Waals surface area contributed by atoms with E-state index in [1.807, 2.05) is 4.90 Å². The van der Waals surface area contributed by atoms with Gasteiger partial charge in [-0.25, -0.2) is 4.79 Å². The Morgan fingerprint density at radius 3 is 2.15 bits per heavy atom. The van der Waals surface area contributed by atoms with Gasteiger partial charge in [0.1, 0.15) is 0 Å². The first-order valence-corrected chi connectivity index (χ1v) is 10.2. The Kier molecular flexibility index (Phi) is 7.69. The molecule has 5 heteroatoms. The first-order valence-electron chi connectivity index (χ1n) is 10.2. The van der Waals surface area contributed by atoms with Crippen LogP contribution in [-0.2, 0) is 11.2 Å². The lowest BCUT2D eigenvalue weighted by molar-refractivity contribution is -0.125. The van der Waals surface area contributed by atoms with Crippen molar-refractivity contribution in [3.8, 4) is 0 Å². The van der Waals surface area contributed by atoms with Gasteiger partial charge in [-0.3, -0.25) is 4.79 Å². The zero-order chi connectivity index (χ0) is 20.0. The predicted octanol–water partition coefficient (Wildman–Crippen LogP) is 3.75. The molecule has 1 heterocycles. The maximum Gasteiger partial charge on any atom is 0.317 e. The number of urea groups is 1. The summed E-state index contributed by atoms with van der Waals surface area (Å²) in [6.45, 7) is 9.95. The summed E-state index contributed by atoms with van der Waals surface area (Å²) in [7, 11) is 1.67. The SMILES string of the molecule is CNC(=O)C1CCN(C(=O)N[C@H](c2ccc(CC(C)C)cc2)C(C)C)CC1. The third kappa shape index (κ3) is 5.98. The number of likely N-dealkylation sites (tertiary alicyclic amines) is 1. The van der Waals surface area contributed by atoms with Crippen molar-refractivity contribution in [1.29, 1.82) is 0 Å². The highest BCUT2D eigenvalue weighted by Crippen LogP contribution is 2.24. The number of hydrogen-bond donors (Lipinski definition) is 2. The smallest absolute Gasteiger partial charge is 0.317 e. The summed E-state index contributed by atoms with van der Waals surface area (Å²) in [6, 6.07) is 8.58. The Morgan fingerprint density at radius 1 is 1.07 bits per heavy atom. The number of carbonyl (C=O) groups is 2. The van der Waals surface area contributed by atoms with E-state index in [1.165, 1.54) is 5.56 Å². The van der Waals surface area contributed by atoms with E-state index >= 15 is 0 Å². The summed E-state index contributed by atoms with van der Waals surface area (Å²) in [6.07, 6.45) is 2.52. The number of hydrogen-bond acceptors (Lipinski definition) is 2. The molecule has 5 nitrogen and oxygen atoms in total. The van der Waals surface area contributed by atoms with Gasteiger partial charge >= 0.3 is 6.03 Å². The van der Waals surface area contributed by atoms with E-state index in [9.17, 15) is 9.59 Å². The van der Waals surface area contributed by atoms with Gasteiger partial charge in [-0.1, -0.05) is 52.0 Å². The number of benzene rings is 1. The third-order valence-electron chi connectivity index (χ3n) is 5.33. The largest absolute Gasteiger partial charge is 0.359 e. The molecule has 1 aromatic rings. The second-order valence-electron chi connectivity index (χ2n) is 8.39. The Bertz CT molecular complexity index is 617. The lowest BCUT2D eigenvalue weighted by atomic mass is 9.93. The van der Waals surface area contributed by atoms with E-state index < -0.39 is 0 Å². The van der Waals surface area contributed by atoms with Crippen LogP contribution in [0.1, 0.15) is 57.7 Å². The molecule has 2 N–H and O–H groups in total. The molecule has 0 radical (unpaired) electrons. The number of nitrogens with zero attached hydrogens (tertiary/aromatic N) is 1. The molecular formula is C22H35N3O2. The van der Waals surface area contributed by atoms with Crippen molar-refractivity contribution in [1.82, 2.24) is 15.5 Å². The van der Waals surface area contributed by atoms with E-state index in [2.05, 4.69) is 62.6 Å². The topological polar surface area (TPSA) is 61.4 Å². The number of amides is 3. The molecule has 1 saturated heterocycles. The van der Waals surface area contributed by atoms with Gasteiger partial charge in [0, 0.05) is 26.1 Å². The van der Waals surface area contributed by atoms with Crippen LogP contribution in [0.3, 0.4) is 0 Å². The molecular weight excluding hydrogens is 338 g/mol. The molecule has 2 rings (SSSR count). The fourth-order valence-electron chi connectivity index (χ4n) is 3.74. The highest BCUT2D eigenvalue weighted by molar-refractivity contribution is 5.79. The average Bonchev–Trinajstić information content (AvgIpc) is 2.65. The molecule has 0 saturated carbocycles.